The van der Waals surface area contributed by atoms with Crippen LogP contribution in [0.4, 0.5) is 0 Å². The number of benzene rings is 2. The molecular weight excluding hydrogens is 977 g/mol. The zero-order valence-electron chi connectivity index (χ0n) is 42.7. The Labute approximate surface area is 432 Å². The van der Waals surface area contributed by atoms with Gasteiger partial charge < -0.3 is 54.7 Å². The molecule has 6 heterocycles. The van der Waals surface area contributed by atoms with Gasteiger partial charge in [0.1, 0.15) is 17.9 Å². The molecule has 2 fully saturated rings. The zero-order valence-corrected chi connectivity index (χ0v) is 44.3. The van der Waals surface area contributed by atoms with Gasteiger partial charge in [-0.15, -0.1) is 22.7 Å². The number of amides is 3. The number of aliphatic hydroxyl groups excluding tert-OH is 2. The molecule has 4 aromatic heterocycles. The molecule has 2 aromatic carbocycles. The van der Waals surface area contributed by atoms with E-state index in [1.165, 1.54) is 30.1 Å². The molecule has 0 bridgehead atoms. The number of carboxylic acid groups (broad SMARTS) is 1. The number of aryl methyl sites for hydroxylation is 2. The van der Waals surface area contributed by atoms with Gasteiger partial charge in [-0.25, -0.2) is 9.97 Å². The van der Waals surface area contributed by atoms with E-state index in [1.807, 2.05) is 103 Å². The number of likely N-dealkylation sites (tertiary alicyclic amines) is 1. The molecule has 3 amide bonds. The molecule has 73 heavy (non-hydrogen) atoms. The quantitative estimate of drug-likeness (QED) is 0.0559. The molecular formula is C52H66N8O11S2. The highest BCUT2D eigenvalue weighted by Crippen LogP contribution is 2.34. The highest BCUT2D eigenvalue weighted by atomic mass is 32.1. The van der Waals surface area contributed by atoms with E-state index < -0.39 is 36.1 Å². The van der Waals surface area contributed by atoms with Crippen molar-refractivity contribution in [1.82, 2.24) is 41.1 Å². The lowest BCUT2D eigenvalue weighted by atomic mass is 9.91. The van der Waals surface area contributed by atoms with Gasteiger partial charge in [-0.1, -0.05) is 76.2 Å². The van der Waals surface area contributed by atoms with Crippen molar-refractivity contribution in [3.05, 3.63) is 106 Å². The van der Waals surface area contributed by atoms with Gasteiger partial charge in [0, 0.05) is 31.6 Å². The summed E-state index contributed by atoms with van der Waals surface area (Å²) in [5.41, 5.74) is 9.93. The van der Waals surface area contributed by atoms with Crippen LogP contribution in [-0.4, -0.2) is 116 Å². The summed E-state index contributed by atoms with van der Waals surface area (Å²) in [4.78, 5) is 62.3. The summed E-state index contributed by atoms with van der Waals surface area (Å²) in [6.45, 7) is 15.9. The largest absolute Gasteiger partial charge is 0.481 e. The van der Waals surface area contributed by atoms with E-state index in [2.05, 4.69) is 48.4 Å². The number of carbonyl (C=O) groups excluding carboxylic acids is 3. The number of thiazole rings is 2. The van der Waals surface area contributed by atoms with E-state index in [0.717, 1.165) is 38.5 Å². The maximum absolute atomic E-state index is 13.6. The fourth-order valence-corrected chi connectivity index (χ4v) is 10.3. The molecule has 2 aliphatic heterocycles. The van der Waals surface area contributed by atoms with Crippen LogP contribution in [-0.2, 0) is 19.2 Å². The number of carboxylic acids is 1. The molecule has 6 aromatic rings. The second-order valence-corrected chi connectivity index (χ2v) is 20.5. The van der Waals surface area contributed by atoms with E-state index in [-0.39, 0.29) is 66.5 Å². The van der Waals surface area contributed by atoms with E-state index >= 15 is 0 Å². The first kappa shape index (κ1) is 55.8. The van der Waals surface area contributed by atoms with Crippen molar-refractivity contribution >= 4 is 46.4 Å². The van der Waals surface area contributed by atoms with Gasteiger partial charge in [-0.3, -0.25) is 19.2 Å². The number of aromatic nitrogens is 4. The van der Waals surface area contributed by atoms with Gasteiger partial charge in [-0.2, -0.15) is 0 Å². The lowest BCUT2D eigenvalue weighted by Gasteiger charge is -2.29. The molecule has 21 heteroatoms. The lowest BCUT2D eigenvalue weighted by Crippen LogP contribution is -2.48. The predicted molar refractivity (Wildman–Crippen MR) is 275 cm³/mol. The third-order valence-electron chi connectivity index (χ3n) is 12.8. The Morgan fingerprint density at radius 3 is 1.55 bits per heavy atom. The SMILES string of the molecule is COc1cc(C(C(=O)N2C[C@H](O)C[C@H]2C(=O)N[C@@H](C)c2ccc(-c3scnc3C)cc2)C(C)C)on1.COc1cc(C(C(=O)O)C(C)C)on1.Cc1ncsc1-c1ccc(C(C)NC(=O)[C@@H]2C[C@@H](O)CN2)cc1. The number of hydrogen-bond donors (Lipinski definition) is 6. The minimum absolute atomic E-state index is 0.0508. The Kier molecular flexibility index (Phi) is 19.4. The van der Waals surface area contributed by atoms with Crippen LogP contribution in [0.3, 0.4) is 0 Å². The Morgan fingerprint density at radius 2 is 1.16 bits per heavy atom. The van der Waals surface area contributed by atoms with Gasteiger partial charge in [-0.05, 0) is 78.5 Å². The van der Waals surface area contributed by atoms with Gasteiger partial charge in [0.25, 0.3) is 11.8 Å². The van der Waals surface area contributed by atoms with Gasteiger partial charge in [0.2, 0.25) is 17.7 Å². The van der Waals surface area contributed by atoms with Crippen molar-refractivity contribution in [3.63, 3.8) is 0 Å². The standard InChI is InChI=1S/C26H32N4O5S.C17H21N3O2S.C9H13NO4/c1-14(2)23(21-11-22(34-5)29-35-21)26(33)30-12-19(31)10-20(30)25(32)28-15(3)17-6-8-18(9-7-17)24-16(4)27-13-36-24;1-10(20-17(22)15-7-14(21)8-18-15)12-3-5-13(6-4-12)16-11(2)19-9-23-16;1-5(2)8(9(11)12)6-4-7(13-3)10-14-6/h6-9,11,13-15,19-20,23,31H,10,12H2,1-5H3,(H,28,32);3-6,9-10,14-15,18,21H,7-8H2,1-2H3,(H,20,22);4-5,8H,1-3H3,(H,11,12)/t15-,19+,20-,23?;10?,14-,15+;/m01./s1. The van der Waals surface area contributed by atoms with Crippen molar-refractivity contribution < 1.29 is 53.0 Å². The van der Waals surface area contributed by atoms with Crippen molar-refractivity contribution in [3.8, 4) is 32.6 Å². The molecule has 3 unspecified atom stereocenters. The van der Waals surface area contributed by atoms with E-state index in [9.17, 15) is 29.4 Å². The highest BCUT2D eigenvalue weighted by Gasteiger charge is 2.43. The Balaban J connectivity index is 0.000000200. The molecule has 0 saturated carbocycles. The lowest BCUT2D eigenvalue weighted by molar-refractivity contribution is -0.141. The molecule has 392 valence electrons. The van der Waals surface area contributed by atoms with Gasteiger partial charge >= 0.3 is 5.97 Å². The second kappa shape index (κ2) is 25.4. The minimum atomic E-state index is -0.918. The molecule has 6 N–H and O–H groups in total. The fourth-order valence-electron chi connectivity index (χ4n) is 8.70. The molecule has 2 aliphatic rings. The highest BCUT2D eigenvalue weighted by molar-refractivity contribution is 7.13. The number of ether oxygens (including phenoxy) is 2. The number of β-amino-alcohol motifs (C(OH)–C–C–N with tert-alkyl or cyclic N) is 2. The Hall–Kier alpha value is -6.52. The molecule has 8 rings (SSSR count). The normalized spacial score (nSPS) is 19.0. The average Bonchev–Trinajstić information content (AvgIpc) is 4.24. The number of hydrogen-bond acceptors (Lipinski definition) is 17. The van der Waals surface area contributed by atoms with Crippen molar-refractivity contribution in [2.45, 2.75) is 116 Å². The first-order valence-electron chi connectivity index (χ1n) is 24.0. The van der Waals surface area contributed by atoms with E-state index in [0.29, 0.717) is 30.4 Å². The number of aliphatic carboxylic acids is 1. The van der Waals surface area contributed by atoms with Crippen LogP contribution in [0.1, 0.15) is 112 Å². The van der Waals surface area contributed by atoms with Crippen LogP contribution in [0.2, 0.25) is 0 Å². The van der Waals surface area contributed by atoms with Crippen LogP contribution in [0.15, 0.2) is 80.7 Å². The van der Waals surface area contributed by atoms with Gasteiger partial charge in [0.15, 0.2) is 11.5 Å². The van der Waals surface area contributed by atoms with E-state index in [4.69, 9.17) is 23.6 Å². The minimum Gasteiger partial charge on any atom is -0.481 e. The number of methoxy groups -OCH3 is 2. The molecule has 0 spiro atoms. The zero-order chi connectivity index (χ0) is 53.1. The molecule has 0 radical (unpaired) electrons. The Bertz CT molecular complexity index is 2750. The van der Waals surface area contributed by atoms with Crippen LogP contribution < -0.4 is 25.4 Å². The van der Waals surface area contributed by atoms with Crippen LogP contribution in [0.5, 0.6) is 11.8 Å². The Morgan fingerprint density at radius 1 is 0.699 bits per heavy atom. The van der Waals surface area contributed by atoms with E-state index in [1.54, 1.807) is 28.7 Å². The topological polar surface area (TPSA) is 265 Å². The smallest absolute Gasteiger partial charge is 0.314 e. The van der Waals surface area contributed by atoms with Crippen LogP contribution >= 0.6 is 22.7 Å². The molecule has 8 atom stereocenters. The maximum Gasteiger partial charge on any atom is 0.314 e. The number of aliphatic hydroxyl groups is 2. The summed E-state index contributed by atoms with van der Waals surface area (Å²) in [6, 6.07) is 17.9. The number of nitrogens with zero attached hydrogens (tertiary/aromatic N) is 5. The summed E-state index contributed by atoms with van der Waals surface area (Å²) < 4.78 is 20.1. The summed E-state index contributed by atoms with van der Waals surface area (Å²) in [5, 5.41) is 45.2. The average molecular weight is 1040 g/mol. The predicted octanol–water partition coefficient (Wildman–Crippen LogP) is 7.22. The van der Waals surface area contributed by atoms with Crippen LogP contribution in [0.25, 0.3) is 20.9 Å². The number of nitrogens with one attached hydrogen (secondary N) is 3. The first-order chi connectivity index (χ1) is 34.8. The first-order valence-corrected chi connectivity index (χ1v) is 25.8. The summed E-state index contributed by atoms with van der Waals surface area (Å²) in [6.07, 6.45) is -0.553. The van der Waals surface area contributed by atoms with Crippen molar-refractivity contribution in [2.24, 2.45) is 11.8 Å². The maximum atomic E-state index is 13.6. The van der Waals surface area contributed by atoms with Crippen molar-refractivity contribution in [1.29, 1.82) is 0 Å². The number of carbonyl (C=O) groups is 4. The third-order valence-corrected chi connectivity index (χ3v) is 14.7. The summed E-state index contributed by atoms with van der Waals surface area (Å²) >= 11 is 3.22. The van der Waals surface area contributed by atoms with Crippen molar-refractivity contribution in [2.75, 3.05) is 27.3 Å². The summed E-state index contributed by atoms with van der Waals surface area (Å²) in [5.74, 6) is -1.77. The number of rotatable bonds is 16. The van der Waals surface area contributed by atoms with Gasteiger partial charge in [0.05, 0.1) is 76.7 Å². The third kappa shape index (κ3) is 14.2. The molecule has 0 aliphatic carbocycles. The molecule has 19 nitrogen and oxygen atoms in total. The van der Waals surface area contributed by atoms with Crippen LogP contribution in [0, 0.1) is 25.7 Å². The summed E-state index contributed by atoms with van der Waals surface area (Å²) in [7, 11) is 2.92. The molecule has 2 saturated heterocycles. The second-order valence-electron chi connectivity index (χ2n) is 18.8. The monoisotopic (exact) mass is 1040 g/mol. The fraction of sp³-hybridized carbons (Fsp3) is 0.462.